The number of hydrogen-bond donors (Lipinski definition) is 1. The number of rotatable bonds is 4. The van der Waals surface area contributed by atoms with Crippen LogP contribution < -0.4 is 15.2 Å². The van der Waals surface area contributed by atoms with Crippen LogP contribution in [-0.2, 0) is 6.54 Å². The summed E-state index contributed by atoms with van der Waals surface area (Å²) in [7, 11) is 0. The molecule has 2 N–H and O–H groups in total. The molecular formula is C13H11F3N2O2. The van der Waals surface area contributed by atoms with Gasteiger partial charge in [-0.3, -0.25) is 4.98 Å². The number of ether oxygens (including phenoxy) is 2. The number of nitrogens with two attached hydrogens (primary N) is 1. The molecule has 20 heavy (non-hydrogen) atoms. The molecule has 0 bridgehead atoms. The van der Waals surface area contributed by atoms with Crippen molar-refractivity contribution in [3.05, 3.63) is 48.3 Å². The second kappa shape index (κ2) is 5.79. The van der Waals surface area contributed by atoms with Crippen LogP contribution in [0.2, 0.25) is 0 Å². The lowest BCUT2D eigenvalue weighted by atomic mass is 10.2. The maximum atomic E-state index is 12.0. The van der Waals surface area contributed by atoms with Gasteiger partial charge in [0.05, 0.1) is 0 Å². The highest BCUT2D eigenvalue weighted by Crippen LogP contribution is 2.28. The van der Waals surface area contributed by atoms with Gasteiger partial charge < -0.3 is 15.2 Å². The van der Waals surface area contributed by atoms with Crippen molar-refractivity contribution in [3.8, 4) is 17.2 Å². The third-order valence-corrected chi connectivity index (χ3v) is 2.36. The van der Waals surface area contributed by atoms with E-state index in [2.05, 4.69) is 9.72 Å². The number of nitrogens with zero attached hydrogens (tertiary/aromatic N) is 1. The second-order valence-corrected chi connectivity index (χ2v) is 3.81. The molecule has 0 aliphatic heterocycles. The second-order valence-electron chi connectivity index (χ2n) is 3.81. The van der Waals surface area contributed by atoms with Crippen molar-refractivity contribution in [3.63, 3.8) is 0 Å². The van der Waals surface area contributed by atoms with E-state index >= 15 is 0 Å². The summed E-state index contributed by atoms with van der Waals surface area (Å²) >= 11 is 0. The van der Waals surface area contributed by atoms with Crippen molar-refractivity contribution in [1.29, 1.82) is 0 Å². The zero-order chi connectivity index (χ0) is 14.6. The molecule has 1 heterocycles. The molecule has 0 atom stereocenters. The summed E-state index contributed by atoms with van der Waals surface area (Å²) in [6.07, 6.45) is -1.60. The van der Waals surface area contributed by atoms with E-state index in [0.717, 1.165) is 0 Å². The van der Waals surface area contributed by atoms with Crippen molar-refractivity contribution in [2.24, 2.45) is 5.73 Å². The summed E-state index contributed by atoms with van der Waals surface area (Å²) in [5.41, 5.74) is 6.23. The molecule has 0 aliphatic rings. The van der Waals surface area contributed by atoms with Crippen molar-refractivity contribution in [2.45, 2.75) is 12.9 Å². The van der Waals surface area contributed by atoms with Gasteiger partial charge in [-0.25, -0.2) is 0 Å². The van der Waals surface area contributed by atoms with Crippen molar-refractivity contribution >= 4 is 0 Å². The lowest BCUT2D eigenvalue weighted by molar-refractivity contribution is -0.274. The van der Waals surface area contributed by atoms with Crippen molar-refractivity contribution < 1.29 is 22.6 Å². The molecule has 0 aliphatic carbocycles. The smallest absolute Gasteiger partial charge is 0.457 e. The Hall–Kier alpha value is -2.28. The van der Waals surface area contributed by atoms with Gasteiger partial charge in [0, 0.05) is 24.5 Å². The molecule has 0 unspecified atom stereocenters. The number of alkyl halides is 3. The summed E-state index contributed by atoms with van der Waals surface area (Å²) in [6, 6.07) is 6.73. The number of benzene rings is 1. The van der Waals surface area contributed by atoms with E-state index in [9.17, 15) is 13.2 Å². The van der Waals surface area contributed by atoms with E-state index in [1.54, 1.807) is 12.3 Å². The fourth-order valence-electron chi connectivity index (χ4n) is 1.50. The highest BCUT2D eigenvalue weighted by atomic mass is 19.4. The van der Waals surface area contributed by atoms with Crippen LogP contribution >= 0.6 is 0 Å². The Bertz CT molecular complexity index is 571. The molecule has 2 rings (SSSR count). The Kier molecular flexibility index (Phi) is 4.09. The molecule has 0 spiro atoms. The normalized spacial score (nSPS) is 11.2. The Labute approximate surface area is 113 Å². The van der Waals surface area contributed by atoms with Gasteiger partial charge in [0.2, 0.25) is 0 Å². The lowest BCUT2D eigenvalue weighted by Crippen LogP contribution is -2.16. The molecule has 4 nitrogen and oxygen atoms in total. The number of halogens is 3. The minimum absolute atomic E-state index is 0.248. The molecule has 0 saturated carbocycles. The van der Waals surface area contributed by atoms with E-state index in [4.69, 9.17) is 10.5 Å². The standard InChI is InChI=1S/C13H11F3N2O2/c14-13(15,16)20-11-3-1-10(2-4-11)19-12-5-6-18-8-9(12)7-17/h1-6,8H,7,17H2. The van der Waals surface area contributed by atoms with E-state index in [1.807, 2.05) is 0 Å². The third-order valence-electron chi connectivity index (χ3n) is 2.36. The molecule has 106 valence electrons. The minimum Gasteiger partial charge on any atom is -0.457 e. The summed E-state index contributed by atoms with van der Waals surface area (Å²) in [5, 5.41) is 0. The SMILES string of the molecule is NCc1cnccc1Oc1ccc(OC(F)(F)F)cc1. The molecule has 0 radical (unpaired) electrons. The first-order valence-electron chi connectivity index (χ1n) is 5.64. The van der Waals surface area contributed by atoms with Gasteiger partial charge in [-0.1, -0.05) is 0 Å². The Morgan fingerprint density at radius 1 is 1.05 bits per heavy atom. The molecule has 1 aromatic carbocycles. The maximum absolute atomic E-state index is 12.0. The maximum Gasteiger partial charge on any atom is 0.573 e. The summed E-state index contributed by atoms with van der Waals surface area (Å²) in [6.45, 7) is 0.248. The molecule has 1 aromatic heterocycles. The van der Waals surface area contributed by atoms with Crippen molar-refractivity contribution in [2.75, 3.05) is 0 Å². The fourth-order valence-corrected chi connectivity index (χ4v) is 1.50. The zero-order valence-electron chi connectivity index (χ0n) is 10.2. The average Bonchev–Trinajstić information content (AvgIpc) is 2.40. The van der Waals surface area contributed by atoms with Gasteiger partial charge in [-0.2, -0.15) is 0 Å². The van der Waals surface area contributed by atoms with Gasteiger partial charge in [0.15, 0.2) is 0 Å². The van der Waals surface area contributed by atoms with Crippen LogP contribution in [0.25, 0.3) is 0 Å². The van der Waals surface area contributed by atoms with Crippen LogP contribution in [0, 0.1) is 0 Å². The molecule has 0 saturated heterocycles. The highest BCUT2D eigenvalue weighted by Gasteiger charge is 2.30. The average molecular weight is 284 g/mol. The molecule has 7 heteroatoms. The number of aromatic nitrogens is 1. The van der Waals surface area contributed by atoms with Crippen LogP contribution in [-0.4, -0.2) is 11.3 Å². The van der Waals surface area contributed by atoms with E-state index in [-0.39, 0.29) is 12.3 Å². The third kappa shape index (κ3) is 3.86. The van der Waals surface area contributed by atoms with Crippen LogP contribution in [0.15, 0.2) is 42.7 Å². The summed E-state index contributed by atoms with van der Waals surface area (Å²) < 4.78 is 45.3. The van der Waals surface area contributed by atoms with Crippen LogP contribution in [0.5, 0.6) is 17.2 Å². The topological polar surface area (TPSA) is 57.4 Å². The minimum atomic E-state index is -4.71. The van der Waals surface area contributed by atoms with Gasteiger partial charge in [-0.15, -0.1) is 13.2 Å². The molecule has 0 fully saturated rings. The Balaban J connectivity index is 2.11. The summed E-state index contributed by atoms with van der Waals surface area (Å²) in [4.78, 5) is 3.91. The monoisotopic (exact) mass is 284 g/mol. The quantitative estimate of drug-likeness (QED) is 0.936. The highest BCUT2D eigenvalue weighted by molar-refractivity contribution is 5.38. The largest absolute Gasteiger partial charge is 0.573 e. The van der Waals surface area contributed by atoms with Crippen LogP contribution in [0.3, 0.4) is 0 Å². The first kappa shape index (κ1) is 14.1. The van der Waals surface area contributed by atoms with Crippen LogP contribution in [0.4, 0.5) is 13.2 Å². The Morgan fingerprint density at radius 3 is 2.30 bits per heavy atom. The molecular weight excluding hydrogens is 273 g/mol. The van der Waals surface area contributed by atoms with Gasteiger partial charge in [0.1, 0.15) is 17.2 Å². The lowest BCUT2D eigenvalue weighted by Gasteiger charge is -2.11. The number of hydrogen-bond acceptors (Lipinski definition) is 4. The first-order valence-corrected chi connectivity index (χ1v) is 5.64. The van der Waals surface area contributed by atoms with E-state index in [1.165, 1.54) is 30.5 Å². The van der Waals surface area contributed by atoms with Gasteiger partial charge in [0.25, 0.3) is 0 Å². The fraction of sp³-hybridized carbons (Fsp3) is 0.154. The van der Waals surface area contributed by atoms with E-state index in [0.29, 0.717) is 17.1 Å². The van der Waals surface area contributed by atoms with E-state index < -0.39 is 6.36 Å². The van der Waals surface area contributed by atoms with Gasteiger partial charge >= 0.3 is 6.36 Å². The van der Waals surface area contributed by atoms with Gasteiger partial charge in [-0.05, 0) is 30.3 Å². The summed E-state index contributed by atoms with van der Waals surface area (Å²) in [5.74, 6) is 0.575. The molecule has 0 amide bonds. The van der Waals surface area contributed by atoms with Crippen molar-refractivity contribution in [1.82, 2.24) is 4.98 Å². The molecule has 2 aromatic rings. The predicted molar refractivity (Wildman–Crippen MR) is 65.3 cm³/mol. The number of pyridine rings is 1. The zero-order valence-corrected chi connectivity index (χ0v) is 10.2. The first-order chi connectivity index (χ1) is 9.48. The van der Waals surface area contributed by atoms with Crippen LogP contribution in [0.1, 0.15) is 5.56 Å². The Morgan fingerprint density at radius 2 is 1.70 bits per heavy atom. The predicted octanol–water partition coefficient (Wildman–Crippen LogP) is 3.23.